The summed E-state index contributed by atoms with van der Waals surface area (Å²) in [5.41, 5.74) is 2.75. The van der Waals surface area contributed by atoms with Crippen LogP contribution in [0.25, 0.3) is 0 Å². The SMILES string of the molecule is CCc1c(C)cc(C(=O)NC)c(=O)n1Cc1ccc(Cl)cc1. The first-order chi connectivity index (χ1) is 10.5. The van der Waals surface area contributed by atoms with Gasteiger partial charge in [0, 0.05) is 17.8 Å². The summed E-state index contributed by atoms with van der Waals surface area (Å²) in [6.45, 7) is 4.34. The number of carbonyl (C=O) groups is 1. The fourth-order valence-electron chi connectivity index (χ4n) is 2.55. The lowest BCUT2D eigenvalue weighted by molar-refractivity contribution is 0.0961. The molecule has 0 fully saturated rings. The summed E-state index contributed by atoms with van der Waals surface area (Å²) in [5.74, 6) is -0.361. The van der Waals surface area contributed by atoms with E-state index < -0.39 is 0 Å². The van der Waals surface area contributed by atoms with E-state index >= 15 is 0 Å². The van der Waals surface area contributed by atoms with Crippen LogP contribution in [0.2, 0.25) is 5.02 Å². The molecule has 0 unspecified atom stereocenters. The zero-order valence-electron chi connectivity index (χ0n) is 12.9. The van der Waals surface area contributed by atoms with E-state index in [4.69, 9.17) is 11.6 Å². The van der Waals surface area contributed by atoms with Crippen LogP contribution in [0.5, 0.6) is 0 Å². The van der Waals surface area contributed by atoms with Gasteiger partial charge in [-0.05, 0) is 42.7 Å². The number of amides is 1. The maximum atomic E-state index is 12.6. The minimum Gasteiger partial charge on any atom is -0.355 e. The molecular weight excluding hydrogens is 300 g/mol. The first-order valence-electron chi connectivity index (χ1n) is 7.17. The Balaban J connectivity index is 2.57. The summed E-state index contributed by atoms with van der Waals surface area (Å²) >= 11 is 5.89. The summed E-state index contributed by atoms with van der Waals surface area (Å²) in [6, 6.07) is 9.02. The maximum absolute atomic E-state index is 12.6. The number of aromatic nitrogens is 1. The van der Waals surface area contributed by atoms with Gasteiger partial charge < -0.3 is 9.88 Å². The third-order valence-corrected chi connectivity index (χ3v) is 3.93. The number of halogens is 1. The molecule has 0 saturated heterocycles. The van der Waals surface area contributed by atoms with Gasteiger partial charge in [0.25, 0.3) is 11.5 Å². The summed E-state index contributed by atoms with van der Waals surface area (Å²) in [5, 5.41) is 3.17. The molecule has 116 valence electrons. The Hall–Kier alpha value is -2.07. The fraction of sp³-hybridized carbons (Fsp3) is 0.294. The highest BCUT2D eigenvalue weighted by molar-refractivity contribution is 6.30. The molecule has 2 aromatic rings. The van der Waals surface area contributed by atoms with Gasteiger partial charge in [-0.2, -0.15) is 0 Å². The second kappa shape index (κ2) is 6.79. The molecule has 4 nitrogen and oxygen atoms in total. The lowest BCUT2D eigenvalue weighted by atomic mass is 10.1. The van der Waals surface area contributed by atoms with Crippen LogP contribution in [0.3, 0.4) is 0 Å². The van der Waals surface area contributed by atoms with Gasteiger partial charge in [0.15, 0.2) is 0 Å². The number of hydrogen-bond donors (Lipinski definition) is 1. The molecule has 1 heterocycles. The van der Waals surface area contributed by atoms with Crippen LogP contribution in [0.4, 0.5) is 0 Å². The number of rotatable bonds is 4. The van der Waals surface area contributed by atoms with Crippen molar-refractivity contribution in [1.82, 2.24) is 9.88 Å². The minimum atomic E-state index is -0.361. The van der Waals surface area contributed by atoms with Crippen molar-refractivity contribution < 1.29 is 4.79 Å². The molecule has 1 N–H and O–H groups in total. The average molecular weight is 319 g/mol. The fourth-order valence-corrected chi connectivity index (χ4v) is 2.68. The normalized spacial score (nSPS) is 10.5. The number of benzene rings is 1. The second-order valence-electron chi connectivity index (χ2n) is 5.14. The molecule has 1 aromatic carbocycles. The lowest BCUT2D eigenvalue weighted by Crippen LogP contribution is -2.33. The van der Waals surface area contributed by atoms with Crippen LogP contribution in [-0.4, -0.2) is 17.5 Å². The van der Waals surface area contributed by atoms with E-state index in [9.17, 15) is 9.59 Å². The number of hydrogen-bond acceptors (Lipinski definition) is 2. The molecule has 22 heavy (non-hydrogen) atoms. The topological polar surface area (TPSA) is 51.1 Å². The van der Waals surface area contributed by atoms with Crippen molar-refractivity contribution in [2.75, 3.05) is 7.05 Å². The summed E-state index contributed by atoms with van der Waals surface area (Å²) in [6.07, 6.45) is 0.725. The molecule has 5 heteroatoms. The first-order valence-corrected chi connectivity index (χ1v) is 7.55. The zero-order valence-corrected chi connectivity index (χ0v) is 13.7. The van der Waals surface area contributed by atoms with Crippen molar-refractivity contribution in [2.24, 2.45) is 0 Å². The Morgan fingerprint density at radius 1 is 1.27 bits per heavy atom. The van der Waals surface area contributed by atoms with E-state index in [0.29, 0.717) is 11.6 Å². The number of nitrogens with zero attached hydrogens (tertiary/aromatic N) is 1. The van der Waals surface area contributed by atoms with Crippen molar-refractivity contribution in [3.63, 3.8) is 0 Å². The first kappa shape index (κ1) is 16.3. The van der Waals surface area contributed by atoms with E-state index in [1.165, 1.54) is 7.05 Å². The summed E-state index contributed by atoms with van der Waals surface area (Å²) in [4.78, 5) is 24.5. The van der Waals surface area contributed by atoms with Crippen molar-refractivity contribution >= 4 is 17.5 Å². The number of carbonyl (C=O) groups excluding carboxylic acids is 1. The second-order valence-corrected chi connectivity index (χ2v) is 5.57. The quantitative estimate of drug-likeness (QED) is 0.942. The molecular formula is C17H19ClN2O2. The van der Waals surface area contributed by atoms with Gasteiger partial charge in [-0.15, -0.1) is 0 Å². The van der Waals surface area contributed by atoms with E-state index in [1.807, 2.05) is 26.0 Å². The van der Waals surface area contributed by atoms with Crippen LogP contribution in [-0.2, 0) is 13.0 Å². The van der Waals surface area contributed by atoms with Gasteiger partial charge >= 0.3 is 0 Å². The Bertz CT molecular complexity index is 748. The van der Waals surface area contributed by atoms with Gasteiger partial charge in [-0.3, -0.25) is 9.59 Å². The molecule has 0 radical (unpaired) electrons. The van der Waals surface area contributed by atoms with Gasteiger partial charge in [-0.25, -0.2) is 0 Å². The molecule has 1 amide bonds. The number of aryl methyl sites for hydroxylation is 1. The minimum absolute atomic E-state index is 0.172. The largest absolute Gasteiger partial charge is 0.355 e. The average Bonchev–Trinajstić information content (AvgIpc) is 2.52. The van der Waals surface area contributed by atoms with Crippen LogP contribution >= 0.6 is 11.6 Å². The smallest absolute Gasteiger partial charge is 0.263 e. The van der Waals surface area contributed by atoms with Gasteiger partial charge in [0.2, 0.25) is 0 Å². The summed E-state index contributed by atoms with van der Waals surface area (Å²) in [7, 11) is 1.52. The molecule has 0 bridgehead atoms. The monoisotopic (exact) mass is 318 g/mol. The number of pyridine rings is 1. The highest BCUT2D eigenvalue weighted by Crippen LogP contribution is 2.14. The van der Waals surface area contributed by atoms with Crippen LogP contribution in [0, 0.1) is 6.92 Å². The number of nitrogens with one attached hydrogen (secondary N) is 1. The molecule has 0 aliphatic rings. The third-order valence-electron chi connectivity index (χ3n) is 3.68. The Kier molecular flexibility index (Phi) is 5.03. The molecule has 0 saturated carbocycles. The van der Waals surface area contributed by atoms with Crippen LogP contribution in [0.15, 0.2) is 35.1 Å². The third kappa shape index (κ3) is 3.22. The molecule has 0 aliphatic carbocycles. The predicted octanol–water partition coefficient (Wildman–Crippen LogP) is 2.78. The van der Waals surface area contributed by atoms with Gasteiger partial charge in [0.05, 0.1) is 6.54 Å². The lowest BCUT2D eigenvalue weighted by Gasteiger charge is -2.16. The Labute approximate surface area is 134 Å². The van der Waals surface area contributed by atoms with E-state index in [1.54, 1.807) is 22.8 Å². The highest BCUT2D eigenvalue weighted by Gasteiger charge is 2.16. The molecule has 2 rings (SSSR count). The molecule has 0 atom stereocenters. The van der Waals surface area contributed by atoms with Crippen molar-refractivity contribution in [3.05, 3.63) is 68.1 Å². The van der Waals surface area contributed by atoms with Crippen LogP contribution in [0.1, 0.15) is 34.1 Å². The Morgan fingerprint density at radius 3 is 2.45 bits per heavy atom. The maximum Gasteiger partial charge on any atom is 0.263 e. The standard InChI is InChI=1S/C17H19ClN2O2/c1-4-15-11(2)9-14(16(21)19-3)17(22)20(15)10-12-5-7-13(18)8-6-12/h5-9H,4,10H2,1-3H3,(H,19,21). The van der Waals surface area contributed by atoms with Crippen molar-refractivity contribution in [3.8, 4) is 0 Å². The van der Waals surface area contributed by atoms with Gasteiger partial charge in [-0.1, -0.05) is 30.7 Å². The van der Waals surface area contributed by atoms with Crippen molar-refractivity contribution in [1.29, 1.82) is 0 Å². The van der Waals surface area contributed by atoms with Crippen LogP contribution < -0.4 is 10.9 Å². The highest BCUT2D eigenvalue weighted by atomic mass is 35.5. The van der Waals surface area contributed by atoms with E-state index in [0.717, 1.165) is 23.2 Å². The molecule has 0 aliphatic heterocycles. The van der Waals surface area contributed by atoms with Crippen molar-refractivity contribution in [2.45, 2.75) is 26.8 Å². The van der Waals surface area contributed by atoms with E-state index in [2.05, 4.69) is 5.32 Å². The Morgan fingerprint density at radius 2 is 1.91 bits per heavy atom. The zero-order chi connectivity index (χ0) is 16.3. The van der Waals surface area contributed by atoms with Gasteiger partial charge in [0.1, 0.15) is 5.56 Å². The molecule has 1 aromatic heterocycles. The molecule has 0 spiro atoms. The van der Waals surface area contributed by atoms with E-state index in [-0.39, 0.29) is 17.0 Å². The predicted molar refractivity (Wildman–Crippen MR) is 88.8 cm³/mol. The summed E-state index contributed by atoms with van der Waals surface area (Å²) < 4.78 is 1.67.